The number of ether oxygens (including phenoxy) is 1. The van der Waals surface area contributed by atoms with Crippen molar-refractivity contribution in [2.45, 2.75) is 25.0 Å². The minimum atomic E-state index is -0.534. The molecule has 0 radical (unpaired) electrons. The van der Waals surface area contributed by atoms with Gasteiger partial charge in [0.15, 0.2) is 0 Å². The van der Waals surface area contributed by atoms with Gasteiger partial charge in [-0.1, -0.05) is 42.5 Å². The van der Waals surface area contributed by atoms with E-state index in [-0.39, 0.29) is 6.10 Å². The van der Waals surface area contributed by atoms with Crippen LogP contribution in [-0.4, -0.2) is 18.3 Å². The Morgan fingerprint density at radius 1 is 1.11 bits per heavy atom. The number of methoxy groups -OCH3 is 1. The van der Waals surface area contributed by atoms with Crippen molar-refractivity contribution < 1.29 is 9.84 Å². The Labute approximate surface area is 107 Å². The molecule has 2 atom stereocenters. The highest BCUT2D eigenvalue weighted by molar-refractivity contribution is 5.86. The monoisotopic (exact) mass is 242 g/mol. The Bertz CT molecular complexity index is 540. The molecule has 94 valence electrons. The van der Waals surface area contributed by atoms with Crippen LogP contribution >= 0.6 is 0 Å². The van der Waals surface area contributed by atoms with Gasteiger partial charge in [-0.3, -0.25) is 0 Å². The molecule has 0 amide bonds. The highest BCUT2D eigenvalue weighted by Crippen LogP contribution is 2.40. The van der Waals surface area contributed by atoms with Gasteiger partial charge >= 0.3 is 0 Å². The van der Waals surface area contributed by atoms with Crippen LogP contribution in [0, 0.1) is 5.92 Å². The lowest BCUT2D eigenvalue weighted by molar-refractivity contribution is -0.0252. The van der Waals surface area contributed by atoms with Crippen molar-refractivity contribution in [3.05, 3.63) is 48.0 Å². The van der Waals surface area contributed by atoms with Crippen LogP contribution < -0.4 is 0 Å². The zero-order chi connectivity index (χ0) is 12.5. The Balaban J connectivity index is 2.02. The summed E-state index contributed by atoms with van der Waals surface area (Å²) >= 11 is 0. The normalized spacial score (nSPS) is 18.8. The van der Waals surface area contributed by atoms with E-state index in [0.717, 1.165) is 10.9 Å². The second-order valence-corrected chi connectivity index (χ2v) is 5.05. The third kappa shape index (κ3) is 2.02. The summed E-state index contributed by atoms with van der Waals surface area (Å²) < 4.78 is 5.49. The zero-order valence-corrected chi connectivity index (χ0v) is 10.5. The molecule has 0 heterocycles. The summed E-state index contributed by atoms with van der Waals surface area (Å²) in [4.78, 5) is 0. The van der Waals surface area contributed by atoms with E-state index in [2.05, 4.69) is 18.2 Å². The number of benzene rings is 2. The van der Waals surface area contributed by atoms with E-state index >= 15 is 0 Å². The average Bonchev–Trinajstić information content (AvgIpc) is 3.23. The molecule has 1 N–H and O–H groups in total. The van der Waals surface area contributed by atoms with E-state index in [0.29, 0.717) is 5.92 Å². The Kier molecular flexibility index (Phi) is 3.06. The van der Waals surface area contributed by atoms with Crippen LogP contribution in [0.4, 0.5) is 0 Å². The summed E-state index contributed by atoms with van der Waals surface area (Å²) in [5.74, 6) is 0.518. The van der Waals surface area contributed by atoms with Gasteiger partial charge in [-0.05, 0) is 35.1 Å². The quantitative estimate of drug-likeness (QED) is 0.891. The summed E-state index contributed by atoms with van der Waals surface area (Å²) in [5, 5.41) is 12.9. The van der Waals surface area contributed by atoms with Gasteiger partial charge < -0.3 is 9.84 Å². The standard InChI is InChI=1S/C16H18O2/c1-18-16(12-9-10-12)15(17)14-8-4-6-11-5-2-3-7-13(11)14/h2-8,12,15-17H,9-10H2,1H3. The summed E-state index contributed by atoms with van der Waals surface area (Å²) in [6.45, 7) is 0. The van der Waals surface area contributed by atoms with Gasteiger partial charge in [0.25, 0.3) is 0 Å². The molecule has 0 saturated heterocycles. The SMILES string of the molecule is COC(C1CC1)C(O)c1cccc2ccccc12. The first-order chi connectivity index (χ1) is 8.81. The largest absolute Gasteiger partial charge is 0.386 e. The molecule has 2 unspecified atom stereocenters. The second kappa shape index (κ2) is 4.71. The van der Waals surface area contributed by atoms with Gasteiger partial charge in [0, 0.05) is 7.11 Å². The summed E-state index contributed by atoms with van der Waals surface area (Å²) in [6, 6.07) is 14.2. The minimum absolute atomic E-state index is 0.0733. The van der Waals surface area contributed by atoms with E-state index in [1.807, 2.05) is 24.3 Å². The molecule has 0 spiro atoms. The molecule has 2 aromatic rings. The molecule has 1 fully saturated rings. The third-order valence-corrected chi connectivity index (χ3v) is 3.81. The second-order valence-electron chi connectivity index (χ2n) is 5.05. The van der Waals surface area contributed by atoms with Gasteiger partial charge in [-0.15, -0.1) is 0 Å². The van der Waals surface area contributed by atoms with E-state index in [9.17, 15) is 5.11 Å². The maximum atomic E-state index is 10.6. The number of hydrogen-bond acceptors (Lipinski definition) is 2. The van der Waals surface area contributed by atoms with Gasteiger partial charge in [0.05, 0.1) is 6.10 Å². The van der Waals surface area contributed by atoms with E-state index in [1.165, 1.54) is 18.2 Å². The van der Waals surface area contributed by atoms with E-state index < -0.39 is 6.10 Å². The van der Waals surface area contributed by atoms with Crippen molar-refractivity contribution in [2.24, 2.45) is 5.92 Å². The molecule has 1 saturated carbocycles. The number of fused-ring (bicyclic) bond motifs is 1. The van der Waals surface area contributed by atoms with Crippen molar-refractivity contribution in [1.82, 2.24) is 0 Å². The first kappa shape index (κ1) is 11.7. The predicted molar refractivity (Wildman–Crippen MR) is 72.4 cm³/mol. The van der Waals surface area contributed by atoms with Crippen LogP contribution in [0.15, 0.2) is 42.5 Å². The van der Waals surface area contributed by atoms with Gasteiger partial charge in [-0.25, -0.2) is 0 Å². The number of rotatable bonds is 4. The van der Waals surface area contributed by atoms with Crippen molar-refractivity contribution in [1.29, 1.82) is 0 Å². The first-order valence-corrected chi connectivity index (χ1v) is 6.50. The molecule has 3 rings (SSSR count). The van der Waals surface area contributed by atoms with Crippen molar-refractivity contribution in [2.75, 3.05) is 7.11 Å². The third-order valence-electron chi connectivity index (χ3n) is 3.81. The fraction of sp³-hybridized carbons (Fsp3) is 0.375. The number of aliphatic hydroxyl groups excluding tert-OH is 1. The molecule has 1 aliphatic carbocycles. The maximum absolute atomic E-state index is 10.6. The average molecular weight is 242 g/mol. The molecule has 0 aromatic heterocycles. The lowest BCUT2D eigenvalue weighted by Gasteiger charge is -2.22. The Morgan fingerprint density at radius 2 is 1.83 bits per heavy atom. The number of hydrogen-bond donors (Lipinski definition) is 1. The highest BCUT2D eigenvalue weighted by Gasteiger charge is 2.37. The van der Waals surface area contributed by atoms with Crippen LogP contribution in [0.1, 0.15) is 24.5 Å². The van der Waals surface area contributed by atoms with Crippen molar-refractivity contribution >= 4 is 10.8 Å². The van der Waals surface area contributed by atoms with Gasteiger partial charge in [-0.2, -0.15) is 0 Å². The van der Waals surface area contributed by atoms with Gasteiger partial charge in [0.1, 0.15) is 6.10 Å². The zero-order valence-electron chi connectivity index (χ0n) is 10.5. The summed E-state index contributed by atoms with van der Waals surface area (Å²) in [6.07, 6.45) is 1.73. The lowest BCUT2D eigenvalue weighted by atomic mass is 9.95. The molecular formula is C16H18O2. The van der Waals surface area contributed by atoms with Crippen molar-refractivity contribution in [3.63, 3.8) is 0 Å². The van der Waals surface area contributed by atoms with Crippen LogP contribution in [-0.2, 0) is 4.74 Å². The fourth-order valence-corrected chi connectivity index (χ4v) is 2.69. The number of aliphatic hydroxyl groups is 1. The molecule has 0 bridgehead atoms. The maximum Gasteiger partial charge on any atom is 0.106 e. The van der Waals surface area contributed by atoms with Crippen LogP contribution in [0.25, 0.3) is 10.8 Å². The van der Waals surface area contributed by atoms with Crippen molar-refractivity contribution in [3.8, 4) is 0 Å². The van der Waals surface area contributed by atoms with Crippen LogP contribution in [0.2, 0.25) is 0 Å². The molecule has 0 aliphatic heterocycles. The topological polar surface area (TPSA) is 29.5 Å². The Hall–Kier alpha value is -1.38. The minimum Gasteiger partial charge on any atom is -0.386 e. The Morgan fingerprint density at radius 3 is 2.56 bits per heavy atom. The molecular weight excluding hydrogens is 224 g/mol. The predicted octanol–water partition coefficient (Wildman–Crippen LogP) is 3.30. The molecule has 18 heavy (non-hydrogen) atoms. The van der Waals surface area contributed by atoms with Crippen LogP contribution in [0.3, 0.4) is 0 Å². The molecule has 2 aromatic carbocycles. The molecule has 2 nitrogen and oxygen atoms in total. The lowest BCUT2D eigenvalue weighted by Crippen LogP contribution is -2.23. The molecule has 1 aliphatic rings. The summed E-state index contributed by atoms with van der Waals surface area (Å²) in [5.41, 5.74) is 0.979. The smallest absolute Gasteiger partial charge is 0.106 e. The summed E-state index contributed by atoms with van der Waals surface area (Å²) in [7, 11) is 1.69. The highest BCUT2D eigenvalue weighted by atomic mass is 16.5. The van der Waals surface area contributed by atoms with Crippen LogP contribution in [0.5, 0.6) is 0 Å². The van der Waals surface area contributed by atoms with E-state index in [1.54, 1.807) is 7.11 Å². The molecule has 2 heteroatoms. The fourth-order valence-electron chi connectivity index (χ4n) is 2.69. The van der Waals surface area contributed by atoms with Gasteiger partial charge in [0.2, 0.25) is 0 Å². The first-order valence-electron chi connectivity index (χ1n) is 6.50. The van der Waals surface area contributed by atoms with E-state index in [4.69, 9.17) is 4.74 Å².